The normalized spacial score (nSPS) is 0.857. The third-order valence-corrected chi connectivity index (χ3v) is 0. The molecule has 1 nitrogen and oxygen atoms in total. The zero-order chi connectivity index (χ0) is 2.00. The fourth-order valence-electron chi connectivity index (χ4n) is 0. The summed E-state index contributed by atoms with van der Waals surface area (Å²) in [5.74, 6) is 0. The Hall–Kier alpha value is 3.76. The molecular formula is CH6BiI4N. The second-order valence-corrected chi connectivity index (χ2v) is 0. The zero-order valence-electron chi connectivity index (χ0n) is 3.67. The van der Waals surface area contributed by atoms with Crippen molar-refractivity contribution in [3.05, 3.63) is 0 Å². The Labute approximate surface area is 132 Å². The van der Waals surface area contributed by atoms with Crippen LogP contribution in [0.5, 0.6) is 0 Å². The van der Waals surface area contributed by atoms with Crippen molar-refractivity contribution in [2.45, 2.75) is 0 Å². The number of quaternary nitrogens is 1. The number of hydrogen-bond donors (Lipinski definition) is 1. The zero-order valence-corrected chi connectivity index (χ0v) is 15.8. The summed E-state index contributed by atoms with van der Waals surface area (Å²) < 4.78 is 0. The summed E-state index contributed by atoms with van der Waals surface area (Å²) in [7, 11) is 1.75. The van der Waals surface area contributed by atoms with Crippen LogP contribution in [0.1, 0.15) is 0 Å². The molecule has 2 radical (unpaired) electrons. The summed E-state index contributed by atoms with van der Waals surface area (Å²) in [6.07, 6.45) is 0. The average molecular weight is 749 g/mol. The van der Waals surface area contributed by atoms with Gasteiger partial charge in [0.05, 0.1) is 7.05 Å². The van der Waals surface area contributed by atoms with E-state index in [9.17, 15) is 0 Å². The van der Waals surface area contributed by atoms with E-state index in [1.54, 1.807) is 7.05 Å². The van der Waals surface area contributed by atoms with Crippen LogP contribution in [0.2, 0.25) is 0 Å². The Morgan fingerprint density at radius 1 is 0.714 bits per heavy atom. The molecule has 0 aromatic heterocycles. The third-order valence-electron chi connectivity index (χ3n) is 0. The maximum atomic E-state index is 3.25. The minimum absolute atomic E-state index is 0. The molecule has 0 unspecified atom stereocenters. The van der Waals surface area contributed by atoms with Crippen LogP contribution in [-0.2, 0) is 0 Å². The Morgan fingerprint density at radius 3 is 0.714 bits per heavy atom. The van der Waals surface area contributed by atoms with Crippen LogP contribution in [0.4, 0.5) is 0 Å². The molecule has 0 spiro atoms. The molecule has 3 N–H and O–H groups in total. The van der Waals surface area contributed by atoms with E-state index in [-0.39, 0.29) is 122 Å². The van der Waals surface area contributed by atoms with Gasteiger partial charge in [0.2, 0.25) is 0 Å². The second-order valence-electron chi connectivity index (χ2n) is 0. The van der Waals surface area contributed by atoms with Crippen molar-refractivity contribution in [3.8, 4) is 0 Å². The second kappa shape index (κ2) is 52.9. The minimum atomic E-state index is 0. The first-order valence-electron chi connectivity index (χ1n) is 0.707. The van der Waals surface area contributed by atoms with Crippen LogP contribution < -0.4 is 102 Å². The molecule has 0 aliphatic carbocycles. The smallest absolute Gasteiger partial charge is 1.00 e. The molecule has 0 fully saturated rings. The van der Waals surface area contributed by atoms with Crippen molar-refractivity contribution in [2.24, 2.45) is 0 Å². The molecule has 0 aliphatic heterocycles. The summed E-state index contributed by atoms with van der Waals surface area (Å²) in [5, 5.41) is 0. The van der Waals surface area contributed by atoms with Gasteiger partial charge < -0.3 is 102 Å². The van der Waals surface area contributed by atoms with Gasteiger partial charge in [0, 0.05) is 0 Å². The van der Waals surface area contributed by atoms with Gasteiger partial charge in [-0.05, 0) is 0 Å². The predicted molar refractivity (Wildman–Crippen MR) is 14.6 cm³/mol. The quantitative estimate of drug-likeness (QED) is 0.189. The SMILES string of the molecule is C[NH3+].[Bi+3].[I-].[I-].[I-].[I-]. The third kappa shape index (κ3) is 41.5. The van der Waals surface area contributed by atoms with Crippen LogP contribution in [0.15, 0.2) is 0 Å². The van der Waals surface area contributed by atoms with Gasteiger partial charge in [-0.25, -0.2) is 0 Å². The summed E-state index contributed by atoms with van der Waals surface area (Å²) in [5.41, 5.74) is 3.25. The van der Waals surface area contributed by atoms with E-state index in [0.717, 1.165) is 0 Å². The molecule has 0 saturated heterocycles. The van der Waals surface area contributed by atoms with Gasteiger partial charge >= 0.3 is 26.2 Å². The van der Waals surface area contributed by atoms with Crippen molar-refractivity contribution in [2.75, 3.05) is 7.05 Å². The average Bonchev–Trinajstić information content (AvgIpc) is 1.00. The maximum Gasteiger partial charge on any atom is 3.00 e. The molecule has 0 bridgehead atoms. The molecule has 0 amide bonds. The first kappa shape index (κ1) is 45.2. The van der Waals surface area contributed by atoms with Gasteiger partial charge in [-0.3, -0.25) is 0 Å². The first-order chi connectivity index (χ1) is 1.00. The molecule has 48 valence electrons. The van der Waals surface area contributed by atoms with Crippen molar-refractivity contribution in [3.63, 3.8) is 0 Å². The molecule has 7 heavy (non-hydrogen) atoms. The fourth-order valence-corrected chi connectivity index (χ4v) is 0. The van der Waals surface area contributed by atoms with E-state index in [1.807, 2.05) is 0 Å². The Morgan fingerprint density at radius 2 is 0.714 bits per heavy atom. The van der Waals surface area contributed by atoms with Crippen molar-refractivity contribution >= 4 is 26.2 Å². The van der Waals surface area contributed by atoms with Crippen LogP contribution in [0.3, 0.4) is 0 Å². The van der Waals surface area contributed by atoms with Crippen LogP contribution in [0, 0.1) is 0 Å². The monoisotopic (exact) mass is 749 g/mol. The van der Waals surface area contributed by atoms with E-state index in [0.29, 0.717) is 0 Å². The van der Waals surface area contributed by atoms with Gasteiger partial charge in [0.25, 0.3) is 0 Å². The van der Waals surface area contributed by atoms with Crippen molar-refractivity contribution < 1.29 is 102 Å². The molecule has 0 saturated carbocycles. The molecule has 0 heterocycles. The van der Waals surface area contributed by atoms with Gasteiger partial charge in [-0.15, -0.1) is 0 Å². The fraction of sp³-hybridized carbons (Fsp3) is 1.00. The van der Waals surface area contributed by atoms with E-state index in [1.165, 1.54) is 0 Å². The summed E-state index contributed by atoms with van der Waals surface area (Å²) in [6.45, 7) is 0. The number of halogens is 4. The largest absolute Gasteiger partial charge is 3.00 e. The first-order valence-corrected chi connectivity index (χ1v) is 0.707. The summed E-state index contributed by atoms with van der Waals surface area (Å²) in [6, 6.07) is 0. The molecular weight excluding hydrogens is 743 g/mol. The molecule has 6 heteroatoms. The Bertz CT molecular complexity index is 11.7. The van der Waals surface area contributed by atoms with Crippen molar-refractivity contribution in [1.82, 2.24) is 0 Å². The number of rotatable bonds is 0. The van der Waals surface area contributed by atoms with Gasteiger partial charge in [-0.2, -0.15) is 0 Å². The van der Waals surface area contributed by atoms with Gasteiger partial charge in [-0.1, -0.05) is 0 Å². The minimum Gasteiger partial charge on any atom is -1.00 e. The van der Waals surface area contributed by atoms with E-state index in [2.05, 4.69) is 5.73 Å². The molecule has 0 aliphatic rings. The van der Waals surface area contributed by atoms with E-state index < -0.39 is 0 Å². The predicted octanol–water partition coefficient (Wildman–Crippen LogP) is -13.5. The molecule has 0 atom stereocenters. The number of hydrogen-bond acceptors (Lipinski definition) is 0. The topological polar surface area (TPSA) is 27.6 Å². The molecule has 0 aromatic rings. The molecule has 0 aromatic carbocycles. The Kier molecular flexibility index (Phi) is 342. The summed E-state index contributed by atoms with van der Waals surface area (Å²) in [4.78, 5) is 0. The van der Waals surface area contributed by atoms with E-state index >= 15 is 0 Å². The van der Waals surface area contributed by atoms with Crippen molar-refractivity contribution in [1.29, 1.82) is 0 Å². The van der Waals surface area contributed by atoms with Crippen LogP contribution in [0.25, 0.3) is 0 Å². The van der Waals surface area contributed by atoms with Crippen LogP contribution in [-0.4, -0.2) is 33.3 Å². The molecule has 0 rings (SSSR count). The maximum absolute atomic E-state index is 3.25. The van der Waals surface area contributed by atoms with Gasteiger partial charge in [0.1, 0.15) is 0 Å². The van der Waals surface area contributed by atoms with E-state index in [4.69, 9.17) is 0 Å². The van der Waals surface area contributed by atoms with Gasteiger partial charge in [0.15, 0.2) is 0 Å². The Balaban J connectivity index is -0.000000000500. The summed E-state index contributed by atoms with van der Waals surface area (Å²) >= 11 is 0. The standard InChI is InChI=1S/CH5N.Bi.4HI/c1-2;;;;;/h2H2,1H3;;4*1H/q;+3;;;;/p-3. The van der Waals surface area contributed by atoms with Crippen LogP contribution >= 0.6 is 0 Å².